The van der Waals surface area contributed by atoms with Crippen molar-refractivity contribution < 1.29 is 34.0 Å². The third-order valence-corrected chi connectivity index (χ3v) is 8.56. The van der Waals surface area contributed by atoms with E-state index >= 15 is 0 Å². The Labute approximate surface area is 266 Å². The molecule has 1 heterocycles. The van der Waals surface area contributed by atoms with Crippen LogP contribution in [0.2, 0.25) is 0 Å². The zero-order valence-corrected chi connectivity index (χ0v) is 25.5. The van der Waals surface area contributed by atoms with Gasteiger partial charge in [0.25, 0.3) is 0 Å². The van der Waals surface area contributed by atoms with Crippen LogP contribution < -0.4 is 5.32 Å². The first-order valence-electron chi connectivity index (χ1n) is 14.6. The summed E-state index contributed by atoms with van der Waals surface area (Å²) in [7, 11) is 0. The van der Waals surface area contributed by atoms with Gasteiger partial charge in [-0.15, -0.1) is 11.8 Å². The van der Waals surface area contributed by atoms with Crippen LogP contribution in [0.3, 0.4) is 0 Å². The van der Waals surface area contributed by atoms with Crippen LogP contribution in [0.1, 0.15) is 51.4 Å². The van der Waals surface area contributed by atoms with Gasteiger partial charge in [-0.25, -0.2) is 9.59 Å². The molecule has 8 nitrogen and oxygen atoms in total. The number of aliphatic hydroxyl groups excluding tert-OH is 1. The second-order valence-electron chi connectivity index (χ2n) is 10.5. The van der Waals surface area contributed by atoms with E-state index in [1.165, 1.54) is 6.08 Å². The summed E-state index contributed by atoms with van der Waals surface area (Å²) in [5.41, 5.74) is 5.89. The van der Waals surface area contributed by atoms with Gasteiger partial charge in [-0.2, -0.15) is 0 Å². The number of carbonyl (C=O) groups excluding carboxylic acids is 1. The number of amides is 1. The van der Waals surface area contributed by atoms with E-state index in [9.17, 15) is 19.8 Å². The highest BCUT2D eigenvalue weighted by atomic mass is 32.2. The normalized spacial score (nSPS) is 17.8. The fourth-order valence-electron chi connectivity index (χ4n) is 5.03. The van der Waals surface area contributed by atoms with E-state index in [-0.39, 0.29) is 31.0 Å². The van der Waals surface area contributed by atoms with Gasteiger partial charge in [0.2, 0.25) is 0 Å². The number of carboxylic acids is 1. The fraction of sp³-hybridized carbons (Fsp3) is 0.222. The Morgan fingerprint density at radius 2 is 1.64 bits per heavy atom. The highest BCUT2D eigenvalue weighted by Gasteiger charge is 2.32. The Morgan fingerprint density at radius 3 is 2.33 bits per heavy atom. The smallest absolute Gasteiger partial charge is 0.407 e. The average molecular weight is 626 g/mol. The van der Waals surface area contributed by atoms with Gasteiger partial charge >= 0.3 is 12.1 Å². The minimum absolute atomic E-state index is 0.0254. The molecule has 0 bridgehead atoms. The van der Waals surface area contributed by atoms with Crippen molar-refractivity contribution in [1.29, 1.82) is 0 Å². The van der Waals surface area contributed by atoms with Crippen molar-refractivity contribution in [2.75, 3.05) is 12.4 Å². The first-order valence-corrected chi connectivity index (χ1v) is 15.6. The first-order chi connectivity index (χ1) is 21.9. The quantitative estimate of drug-likeness (QED) is 0.111. The van der Waals surface area contributed by atoms with Crippen LogP contribution in [-0.2, 0) is 27.4 Å². The number of hydrogen-bond acceptors (Lipinski definition) is 7. The molecule has 4 aromatic rings. The number of thioether (sulfide) groups is 1. The lowest BCUT2D eigenvalue weighted by molar-refractivity contribution is -0.245. The van der Waals surface area contributed by atoms with Crippen molar-refractivity contribution in [1.82, 2.24) is 5.32 Å². The highest BCUT2D eigenvalue weighted by molar-refractivity contribution is 7.99. The summed E-state index contributed by atoms with van der Waals surface area (Å²) in [6.45, 7) is 4.00. The van der Waals surface area contributed by atoms with Crippen molar-refractivity contribution in [3.05, 3.63) is 138 Å². The minimum atomic E-state index is -0.952. The number of alkyl carbamates (subject to hydrolysis) is 1. The zero-order valence-electron chi connectivity index (χ0n) is 24.6. The van der Waals surface area contributed by atoms with Gasteiger partial charge in [-0.3, -0.25) is 0 Å². The Bertz CT molecular complexity index is 1590. The molecule has 1 aliphatic heterocycles. The summed E-state index contributed by atoms with van der Waals surface area (Å²) in [5.74, 6) is -0.294. The summed E-state index contributed by atoms with van der Waals surface area (Å²) in [4.78, 5) is 24.1. The predicted molar refractivity (Wildman–Crippen MR) is 173 cm³/mol. The molecule has 9 heteroatoms. The molecule has 3 atom stereocenters. The van der Waals surface area contributed by atoms with Crippen LogP contribution in [0.5, 0.6) is 0 Å². The van der Waals surface area contributed by atoms with E-state index in [0.29, 0.717) is 18.7 Å². The molecular formula is C36H35NO7S. The van der Waals surface area contributed by atoms with E-state index in [4.69, 9.17) is 14.2 Å². The van der Waals surface area contributed by atoms with Crippen molar-refractivity contribution in [2.45, 2.75) is 43.0 Å². The molecule has 0 spiro atoms. The van der Waals surface area contributed by atoms with Crippen LogP contribution >= 0.6 is 11.8 Å². The molecule has 1 aliphatic rings. The maximum atomic E-state index is 12.0. The SMILES string of the molecule is C=CCOC(=O)NCc1ccccc1-c1ccc([C@@H]2O[C@H](CSc3ccc(C(=O)O)cc3)C[C@H](c3ccc(CO)cc3)O2)cc1. The summed E-state index contributed by atoms with van der Waals surface area (Å²) in [6, 6.07) is 30.5. The number of rotatable bonds is 12. The number of carbonyl (C=O) groups is 2. The Hall–Kier alpha value is -4.41. The average Bonchev–Trinajstić information content (AvgIpc) is 3.09. The lowest BCUT2D eigenvalue weighted by atomic mass is 9.98. The summed E-state index contributed by atoms with van der Waals surface area (Å²) in [6.07, 6.45) is 0.700. The number of hydrogen-bond donors (Lipinski definition) is 3. The first kappa shape index (κ1) is 32.0. The highest BCUT2D eigenvalue weighted by Crippen LogP contribution is 2.40. The van der Waals surface area contributed by atoms with Crippen molar-refractivity contribution >= 4 is 23.8 Å². The zero-order chi connectivity index (χ0) is 31.6. The van der Waals surface area contributed by atoms with Gasteiger partial charge in [0.1, 0.15) is 6.61 Å². The topological polar surface area (TPSA) is 114 Å². The Kier molecular flexibility index (Phi) is 11.1. The molecule has 0 aromatic heterocycles. The second kappa shape index (κ2) is 15.5. The third-order valence-electron chi connectivity index (χ3n) is 7.42. The molecule has 0 aliphatic carbocycles. The number of aromatic carboxylic acids is 1. The van der Waals surface area contributed by atoms with Crippen molar-refractivity contribution in [3.63, 3.8) is 0 Å². The van der Waals surface area contributed by atoms with Gasteiger partial charge in [-0.1, -0.05) is 85.5 Å². The maximum absolute atomic E-state index is 12.0. The lowest BCUT2D eigenvalue weighted by Gasteiger charge is -2.36. The van der Waals surface area contributed by atoms with Gasteiger partial charge in [0.05, 0.1) is 24.4 Å². The monoisotopic (exact) mass is 625 g/mol. The molecule has 0 radical (unpaired) electrons. The molecule has 45 heavy (non-hydrogen) atoms. The molecule has 0 unspecified atom stereocenters. The van der Waals surface area contributed by atoms with Crippen LogP contribution in [0.15, 0.2) is 115 Å². The Morgan fingerprint density at radius 1 is 0.933 bits per heavy atom. The van der Waals surface area contributed by atoms with Gasteiger partial charge in [0.15, 0.2) is 6.29 Å². The minimum Gasteiger partial charge on any atom is -0.478 e. The van der Waals surface area contributed by atoms with Gasteiger partial charge in [-0.05, 0) is 52.1 Å². The molecular weight excluding hydrogens is 590 g/mol. The Balaban J connectivity index is 1.32. The van der Waals surface area contributed by atoms with Crippen LogP contribution in [0, 0.1) is 0 Å². The summed E-state index contributed by atoms with van der Waals surface area (Å²) < 4.78 is 18.0. The summed E-state index contributed by atoms with van der Waals surface area (Å²) >= 11 is 1.61. The molecule has 1 fully saturated rings. The van der Waals surface area contributed by atoms with Crippen molar-refractivity contribution in [2.24, 2.45) is 0 Å². The van der Waals surface area contributed by atoms with E-state index in [1.54, 1.807) is 23.9 Å². The van der Waals surface area contributed by atoms with Gasteiger partial charge in [0, 0.05) is 29.2 Å². The van der Waals surface area contributed by atoms with Gasteiger partial charge < -0.3 is 29.7 Å². The van der Waals surface area contributed by atoms with E-state index < -0.39 is 18.4 Å². The number of benzene rings is 4. The van der Waals surface area contributed by atoms with Crippen LogP contribution in [-0.4, -0.2) is 40.7 Å². The van der Waals surface area contributed by atoms with E-state index in [1.807, 2.05) is 84.9 Å². The molecule has 3 N–H and O–H groups in total. The second-order valence-corrected chi connectivity index (χ2v) is 11.6. The van der Waals surface area contributed by atoms with E-state index in [0.717, 1.165) is 38.3 Å². The van der Waals surface area contributed by atoms with E-state index in [2.05, 4.69) is 11.9 Å². The number of aliphatic hydroxyl groups is 1. The summed E-state index contributed by atoms with van der Waals surface area (Å²) in [5, 5.41) is 21.5. The molecule has 5 rings (SSSR count). The fourth-order valence-corrected chi connectivity index (χ4v) is 5.96. The largest absolute Gasteiger partial charge is 0.478 e. The number of ether oxygens (including phenoxy) is 3. The standard InChI is InChI=1S/C36H35NO7S/c1-2-19-42-36(41)37-21-29-5-3-4-6-32(29)25-11-13-28(14-12-25)35-43-30(23-45-31-17-15-27(16-18-31)34(39)40)20-33(44-35)26-9-7-24(22-38)8-10-26/h2-18,30,33,35,38H,1,19-23H2,(H,37,41)(H,39,40)/t30-,33+,35+/m0/s1. The molecule has 0 saturated carbocycles. The predicted octanol–water partition coefficient (Wildman–Crippen LogP) is 7.29. The number of carboxylic acid groups (broad SMARTS) is 1. The van der Waals surface area contributed by atoms with Crippen LogP contribution in [0.25, 0.3) is 11.1 Å². The van der Waals surface area contributed by atoms with Crippen molar-refractivity contribution in [3.8, 4) is 11.1 Å². The molecule has 232 valence electrons. The molecule has 1 amide bonds. The maximum Gasteiger partial charge on any atom is 0.407 e. The van der Waals surface area contributed by atoms with Crippen LogP contribution in [0.4, 0.5) is 4.79 Å². The molecule has 1 saturated heterocycles. The lowest BCUT2D eigenvalue weighted by Crippen LogP contribution is -2.31. The third kappa shape index (κ3) is 8.61. The number of nitrogens with one attached hydrogen (secondary N) is 1. The molecule has 4 aromatic carbocycles.